The minimum absolute atomic E-state index is 0.0208. The van der Waals surface area contributed by atoms with Crippen molar-refractivity contribution in [2.75, 3.05) is 12.7 Å². The Labute approximate surface area is 53.7 Å². The Hall–Kier alpha value is 0.210. The molecule has 8 heavy (non-hydrogen) atoms. The average molecular weight is 137 g/mol. The van der Waals surface area contributed by atoms with Crippen LogP contribution in [0.25, 0.3) is 0 Å². The van der Waals surface area contributed by atoms with Crippen LogP contribution in [0.4, 0.5) is 0 Å². The van der Waals surface area contributed by atoms with Crippen molar-refractivity contribution in [3.05, 3.63) is 0 Å². The Morgan fingerprint density at radius 2 is 2.62 bits per heavy atom. The molecule has 1 aliphatic rings. The van der Waals surface area contributed by atoms with Gasteiger partial charge in [0.15, 0.2) is 6.29 Å². The van der Waals surface area contributed by atoms with Crippen molar-refractivity contribution in [3.63, 3.8) is 0 Å². The molecular formula is C5H9ClO2. The third-order valence-corrected chi connectivity index (χ3v) is 1.26. The SMILES string of the molecule is ClCOC1CCCO1. The molecule has 1 aliphatic heterocycles. The molecule has 1 unspecified atom stereocenters. The highest BCUT2D eigenvalue weighted by molar-refractivity contribution is 6.17. The Bertz CT molecular complexity index is 61.4. The van der Waals surface area contributed by atoms with Gasteiger partial charge in [0.05, 0.1) is 0 Å². The van der Waals surface area contributed by atoms with E-state index in [-0.39, 0.29) is 12.4 Å². The molecule has 0 N–H and O–H groups in total. The Kier molecular flexibility index (Phi) is 2.59. The topological polar surface area (TPSA) is 18.5 Å². The zero-order valence-corrected chi connectivity index (χ0v) is 5.36. The number of ether oxygens (including phenoxy) is 2. The second-order valence-corrected chi connectivity index (χ2v) is 1.94. The molecule has 0 saturated carbocycles. The van der Waals surface area contributed by atoms with Gasteiger partial charge in [0.1, 0.15) is 6.07 Å². The molecule has 1 saturated heterocycles. The molecule has 0 aromatic carbocycles. The van der Waals surface area contributed by atoms with Crippen molar-refractivity contribution < 1.29 is 9.47 Å². The predicted octanol–water partition coefficient (Wildman–Crippen LogP) is 1.34. The summed E-state index contributed by atoms with van der Waals surface area (Å²) in [5.74, 6) is 0. The molecule has 48 valence electrons. The maximum Gasteiger partial charge on any atom is 0.159 e. The molecule has 0 aliphatic carbocycles. The fourth-order valence-corrected chi connectivity index (χ4v) is 0.890. The first-order valence-corrected chi connectivity index (χ1v) is 3.26. The zero-order valence-electron chi connectivity index (χ0n) is 4.60. The molecule has 0 aromatic rings. The molecule has 0 spiro atoms. The van der Waals surface area contributed by atoms with Gasteiger partial charge in [-0.25, -0.2) is 0 Å². The van der Waals surface area contributed by atoms with Crippen LogP contribution >= 0.6 is 11.6 Å². The van der Waals surface area contributed by atoms with E-state index in [1.54, 1.807) is 0 Å². The van der Waals surface area contributed by atoms with Crippen molar-refractivity contribution >= 4 is 11.6 Å². The van der Waals surface area contributed by atoms with E-state index in [4.69, 9.17) is 21.1 Å². The minimum atomic E-state index is -0.0208. The summed E-state index contributed by atoms with van der Waals surface area (Å²) in [5, 5.41) is 0. The lowest BCUT2D eigenvalue weighted by Gasteiger charge is -2.05. The van der Waals surface area contributed by atoms with Crippen molar-refractivity contribution in [1.29, 1.82) is 0 Å². The number of hydrogen-bond donors (Lipinski definition) is 0. The molecule has 0 amide bonds. The van der Waals surface area contributed by atoms with Crippen LogP contribution in [0.2, 0.25) is 0 Å². The van der Waals surface area contributed by atoms with Gasteiger partial charge in [0.25, 0.3) is 0 Å². The molecule has 0 aromatic heterocycles. The Balaban J connectivity index is 2.06. The van der Waals surface area contributed by atoms with E-state index in [0.717, 1.165) is 19.4 Å². The van der Waals surface area contributed by atoms with Crippen LogP contribution in [-0.4, -0.2) is 19.0 Å². The largest absolute Gasteiger partial charge is 0.353 e. The van der Waals surface area contributed by atoms with E-state index in [2.05, 4.69) is 0 Å². The number of hydrogen-bond acceptors (Lipinski definition) is 2. The molecular weight excluding hydrogens is 128 g/mol. The maximum absolute atomic E-state index is 5.28. The van der Waals surface area contributed by atoms with Gasteiger partial charge in [0, 0.05) is 13.0 Å². The van der Waals surface area contributed by atoms with E-state index in [1.165, 1.54) is 0 Å². The van der Waals surface area contributed by atoms with Gasteiger partial charge in [-0.15, -0.1) is 0 Å². The van der Waals surface area contributed by atoms with E-state index in [0.29, 0.717) is 0 Å². The first-order valence-electron chi connectivity index (χ1n) is 2.72. The van der Waals surface area contributed by atoms with E-state index >= 15 is 0 Å². The van der Waals surface area contributed by atoms with Crippen LogP contribution in [0.1, 0.15) is 12.8 Å². The molecule has 1 rings (SSSR count). The van der Waals surface area contributed by atoms with Crippen molar-refractivity contribution in [2.24, 2.45) is 0 Å². The van der Waals surface area contributed by atoms with E-state index in [1.807, 2.05) is 0 Å². The lowest BCUT2D eigenvalue weighted by molar-refractivity contribution is -0.0953. The van der Waals surface area contributed by atoms with Gasteiger partial charge in [-0.3, -0.25) is 0 Å². The fourth-order valence-electron chi connectivity index (χ4n) is 0.750. The van der Waals surface area contributed by atoms with Crippen LogP contribution in [0.3, 0.4) is 0 Å². The van der Waals surface area contributed by atoms with Gasteiger partial charge >= 0.3 is 0 Å². The summed E-state index contributed by atoms with van der Waals surface area (Å²) in [6.07, 6.45) is 2.07. The smallest absolute Gasteiger partial charge is 0.159 e. The Morgan fingerprint density at radius 1 is 1.75 bits per heavy atom. The quantitative estimate of drug-likeness (QED) is 0.534. The average Bonchev–Trinajstić information content (AvgIpc) is 2.19. The highest BCUT2D eigenvalue weighted by atomic mass is 35.5. The molecule has 0 radical (unpaired) electrons. The normalized spacial score (nSPS) is 28.9. The summed E-state index contributed by atoms with van der Waals surface area (Å²) in [6, 6.07) is 0.241. The monoisotopic (exact) mass is 136 g/mol. The molecule has 3 heteroatoms. The first-order chi connectivity index (χ1) is 3.93. The van der Waals surface area contributed by atoms with Crippen molar-refractivity contribution in [2.45, 2.75) is 19.1 Å². The third kappa shape index (κ3) is 1.62. The van der Waals surface area contributed by atoms with Gasteiger partial charge in [-0.2, -0.15) is 0 Å². The van der Waals surface area contributed by atoms with E-state index in [9.17, 15) is 0 Å². The summed E-state index contributed by atoms with van der Waals surface area (Å²) in [7, 11) is 0. The molecule has 1 heterocycles. The number of rotatable bonds is 2. The van der Waals surface area contributed by atoms with Crippen LogP contribution in [0, 0.1) is 0 Å². The summed E-state index contributed by atoms with van der Waals surface area (Å²) < 4.78 is 10.0. The number of alkyl halides is 1. The Morgan fingerprint density at radius 3 is 3.12 bits per heavy atom. The van der Waals surface area contributed by atoms with Crippen LogP contribution < -0.4 is 0 Å². The van der Waals surface area contributed by atoms with Crippen molar-refractivity contribution in [1.82, 2.24) is 0 Å². The van der Waals surface area contributed by atoms with Gasteiger partial charge in [-0.05, 0) is 6.42 Å². The maximum atomic E-state index is 5.28. The molecule has 0 bridgehead atoms. The van der Waals surface area contributed by atoms with Gasteiger partial charge in [-0.1, -0.05) is 11.6 Å². The standard InChI is InChI=1S/C5H9ClO2/c6-4-8-5-2-1-3-7-5/h5H,1-4H2. The fraction of sp³-hybridized carbons (Fsp3) is 1.00. The lowest BCUT2D eigenvalue weighted by atomic mass is 10.4. The van der Waals surface area contributed by atoms with Gasteiger partial charge in [0.2, 0.25) is 0 Å². The summed E-state index contributed by atoms with van der Waals surface area (Å²) >= 11 is 5.28. The highest BCUT2D eigenvalue weighted by Gasteiger charge is 2.14. The number of halogens is 1. The van der Waals surface area contributed by atoms with Crippen molar-refractivity contribution in [3.8, 4) is 0 Å². The highest BCUT2D eigenvalue weighted by Crippen LogP contribution is 2.12. The minimum Gasteiger partial charge on any atom is -0.353 e. The molecule has 1 fully saturated rings. The van der Waals surface area contributed by atoms with E-state index < -0.39 is 0 Å². The molecule has 2 nitrogen and oxygen atoms in total. The summed E-state index contributed by atoms with van der Waals surface area (Å²) in [5.41, 5.74) is 0. The van der Waals surface area contributed by atoms with Crippen LogP contribution in [-0.2, 0) is 9.47 Å². The lowest BCUT2D eigenvalue weighted by Crippen LogP contribution is -2.08. The summed E-state index contributed by atoms with van der Waals surface area (Å²) in [4.78, 5) is 0. The second kappa shape index (κ2) is 3.28. The van der Waals surface area contributed by atoms with Crippen LogP contribution in [0.15, 0.2) is 0 Å². The molecule has 1 atom stereocenters. The third-order valence-electron chi connectivity index (χ3n) is 1.14. The van der Waals surface area contributed by atoms with Crippen LogP contribution in [0.5, 0.6) is 0 Å². The predicted molar refractivity (Wildman–Crippen MR) is 30.8 cm³/mol. The van der Waals surface area contributed by atoms with Gasteiger partial charge < -0.3 is 9.47 Å². The summed E-state index contributed by atoms with van der Waals surface area (Å²) in [6.45, 7) is 0.821. The second-order valence-electron chi connectivity index (χ2n) is 1.72. The zero-order chi connectivity index (χ0) is 5.82. The first kappa shape index (κ1) is 6.33.